The number of rotatable bonds is 6. The molecule has 5 nitrogen and oxygen atoms in total. The van der Waals surface area contributed by atoms with Crippen molar-refractivity contribution >= 4 is 5.91 Å². The first-order valence-electron chi connectivity index (χ1n) is 8.48. The van der Waals surface area contributed by atoms with E-state index < -0.39 is 5.60 Å². The number of ether oxygens (including phenoxy) is 2. The molecule has 3 rings (SSSR count). The fourth-order valence-corrected chi connectivity index (χ4v) is 3.29. The van der Waals surface area contributed by atoms with Crippen molar-refractivity contribution in [1.82, 2.24) is 5.32 Å². The Morgan fingerprint density at radius 3 is 2.85 bits per heavy atom. The van der Waals surface area contributed by atoms with Gasteiger partial charge in [0, 0.05) is 30.5 Å². The average Bonchev–Trinajstić information content (AvgIpc) is 2.96. The fourth-order valence-electron chi connectivity index (χ4n) is 3.29. The van der Waals surface area contributed by atoms with E-state index in [0.29, 0.717) is 35.5 Å². The normalized spacial score (nSPS) is 18.2. The number of halogens is 1. The van der Waals surface area contributed by atoms with Crippen LogP contribution in [0.25, 0.3) is 0 Å². The molecule has 0 bridgehead atoms. The van der Waals surface area contributed by atoms with Crippen LogP contribution < -0.4 is 14.8 Å². The number of methoxy groups -OCH3 is 1. The van der Waals surface area contributed by atoms with Crippen molar-refractivity contribution in [3.8, 4) is 11.5 Å². The molecular formula is C20H22FNO4. The summed E-state index contributed by atoms with van der Waals surface area (Å²) in [5.41, 5.74) is 1.24. The van der Waals surface area contributed by atoms with E-state index in [1.807, 2.05) is 6.92 Å². The van der Waals surface area contributed by atoms with E-state index in [1.165, 1.54) is 13.2 Å². The van der Waals surface area contributed by atoms with Crippen LogP contribution in [0.1, 0.15) is 28.4 Å². The van der Waals surface area contributed by atoms with Crippen molar-refractivity contribution in [2.24, 2.45) is 0 Å². The summed E-state index contributed by atoms with van der Waals surface area (Å²) >= 11 is 0. The Morgan fingerprint density at radius 1 is 1.38 bits per heavy atom. The van der Waals surface area contributed by atoms with Crippen LogP contribution in [0.2, 0.25) is 0 Å². The molecule has 1 aliphatic heterocycles. The largest absolute Gasteiger partial charge is 0.493 e. The third-order valence-corrected chi connectivity index (χ3v) is 4.45. The summed E-state index contributed by atoms with van der Waals surface area (Å²) in [6.07, 6.45) is 0.942. The molecule has 2 aromatic carbocycles. The maximum Gasteiger partial charge on any atom is 0.251 e. The Hall–Kier alpha value is -2.60. The molecule has 0 radical (unpaired) electrons. The summed E-state index contributed by atoms with van der Waals surface area (Å²) in [6, 6.07) is 10.0. The summed E-state index contributed by atoms with van der Waals surface area (Å²) in [6.45, 7) is 1.97. The van der Waals surface area contributed by atoms with Gasteiger partial charge in [-0.1, -0.05) is 18.2 Å². The zero-order valence-corrected chi connectivity index (χ0v) is 14.8. The highest BCUT2D eigenvalue weighted by molar-refractivity contribution is 5.95. The minimum absolute atomic E-state index is 0.127. The number of aliphatic hydroxyl groups is 1. The van der Waals surface area contributed by atoms with Gasteiger partial charge in [-0.2, -0.15) is 0 Å². The number of aliphatic hydroxyl groups excluding tert-OH is 1. The van der Waals surface area contributed by atoms with Gasteiger partial charge in [-0.15, -0.1) is 0 Å². The van der Waals surface area contributed by atoms with E-state index in [1.54, 1.807) is 30.3 Å². The molecule has 2 N–H and O–H groups in total. The summed E-state index contributed by atoms with van der Waals surface area (Å²) < 4.78 is 25.5. The number of hydrogen-bond donors (Lipinski definition) is 2. The Kier molecular flexibility index (Phi) is 5.13. The first-order chi connectivity index (χ1) is 12.5. The zero-order chi connectivity index (χ0) is 18.7. The second-order valence-electron chi connectivity index (χ2n) is 6.64. The van der Waals surface area contributed by atoms with Gasteiger partial charge in [0.2, 0.25) is 0 Å². The van der Waals surface area contributed by atoms with Gasteiger partial charge < -0.3 is 19.9 Å². The first kappa shape index (κ1) is 18.2. The van der Waals surface area contributed by atoms with Crippen molar-refractivity contribution in [2.75, 3.05) is 20.3 Å². The van der Waals surface area contributed by atoms with Crippen LogP contribution in [-0.4, -0.2) is 36.9 Å². The van der Waals surface area contributed by atoms with E-state index in [0.717, 1.165) is 5.56 Å². The molecule has 1 aliphatic rings. The lowest BCUT2D eigenvalue weighted by molar-refractivity contribution is 0.0944. The van der Waals surface area contributed by atoms with Gasteiger partial charge in [-0.05, 0) is 30.7 Å². The zero-order valence-electron chi connectivity index (χ0n) is 14.8. The number of carbonyl (C=O) groups excluding carboxylic acids is 1. The van der Waals surface area contributed by atoms with Gasteiger partial charge >= 0.3 is 0 Å². The minimum Gasteiger partial charge on any atom is -0.493 e. The Labute approximate surface area is 151 Å². The van der Waals surface area contributed by atoms with Crippen LogP contribution in [-0.2, 0) is 12.8 Å². The molecule has 0 spiro atoms. The lowest BCUT2D eigenvalue weighted by Gasteiger charge is -2.24. The lowest BCUT2D eigenvalue weighted by atomic mass is 9.91. The standard InChI is InChI=1S/C20H22FNO4/c1-20(11-13-5-3-4-6-16(13)21)12-15-9-14(19(24)22-7-8-23)10-17(25-2)18(15)26-20/h3-6,9-10,23H,7-8,11-12H2,1-2H3,(H,22,24). The molecule has 0 aliphatic carbocycles. The molecule has 0 saturated carbocycles. The molecule has 1 unspecified atom stereocenters. The number of nitrogens with one attached hydrogen (secondary N) is 1. The number of fused-ring (bicyclic) bond motifs is 1. The van der Waals surface area contributed by atoms with Gasteiger partial charge in [0.15, 0.2) is 11.5 Å². The molecular weight excluding hydrogens is 337 g/mol. The van der Waals surface area contributed by atoms with Gasteiger partial charge in [0.25, 0.3) is 5.91 Å². The number of hydrogen-bond acceptors (Lipinski definition) is 4. The van der Waals surface area contributed by atoms with Crippen LogP contribution in [0, 0.1) is 5.82 Å². The molecule has 1 heterocycles. The third kappa shape index (κ3) is 3.65. The molecule has 2 aromatic rings. The predicted molar refractivity (Wildman–Crippen MR) is 95.3 cm³/mol. The van der Waals surface area contributed by atoms with E-state index in [2.05, 4.69) is 5.32 Å². The highest BCUT2D eigenvalue weighted by Crippen LogP contribution is 2.44. The van der Waals surface area contributed by atoms with Crippen LogP contribution >= 0.6 is 0 Å². The molecule has 1 amide bonds. The average molecular weight is 359 g/mol. The fraction of sp³-hybridized carbons (Fsp3) is 0.350. The van der Waals surface area contributed by atoms with Crippen molar-refractivity contribution in [1.29, 1.82) is 0 Å². The third-order valence-electron chi connectivity index (χ3n) is 4.45. The highest BCUT2D eigenvalue weighted by Gasteiger charge is 2.38. The van der Waals surface area contributed by atoms with Crippen molar-refractivity contribution in [2.45, 2.75) is 25.4 Å². The molecule has 0 aromatic heterocycles. The molecule has 0 fully saturated rings. The number of carbonyl (C=O) groups is 1. The van der Waals surface area contributed by atoms with Gasteiger partial charge in [-0.3, -0.25) is 4.79 Å². The topological polar surface area (TPSA) is 67.8 Å². The van der Waals surface area contributed by atoms with Crippen LogP contribution in [0.4, 0.5) is 4.39 Å². The van der Waals surface area contributed by atoms with Crippen molar-refractivity contribution < 1.29 is 23.8 Å². The lowest BCUT2D eigenvalue weighted by Crippen LogP contribution is -2.33. The predicted octanol–water partition coefficient (Wildman–Crippen LogP) is 2.49. The van der Waals surface area contributed by atoms with E-state index in [9.17, 15) is 9.18 Å². The highest BCUT2D eigenvalue weighted by atomic mass is 19.1. The minimum atomic E-state index is -0.627. The molecule has 1 atom stereocenters. The van der Waals surface area contributed by atoms with Crippen LogP contribution in [0.15, 0.2) is 36.4 Å². The Balaban J connectivity index is 1.87. The Morgan fingerprint density at radius 2 is 2.15 bits per heavy atom. The first-order valence-corrected chi connectivity index (χ1v) is 8.48. The molecule has 138 valence electrons. The van der Waals surface area contributed by atoms with Crippen molar-refractivity contribution in [3.63, 3.8) is 0 Å². The van der Waals surface area contributed by atoms with E-state index in [-0.39, 0.29) is 24.9 Å². The summed E-state index contributed by atoms with van der Waals surface area (Å²) in [7, 11) is 1.51. The van der Waals surface area contributed by atoms with Gasteiger partial charge in [0.05, 0.1) is 13.7 Å². The van der Waals surface area contributed by atoms with Gasteiger partial charge in [-0.25, -0.2) is 4.39 Å². The number of benzene rings is 2. The molecule has 26 heavy (non-hydrogen) atoms. The monoisotopic (exact) mass is 359 g/mol. The molecule has 6 heteroatoms. The van der Waals surface area contributed by atoms with E-state index in [4.69, 9.17) is 14.6 Å². The summed E-state index contributed by atoms with van der Waals surface area (Å²) in [4.78, 5) is 12.2. The second-order valence-corrected chi connectivity index (χ2v) is 6.64. The molecule has 0 saturated heterocycles. The maximum atomic E-state index is 14.0. The van der Waals surface area contributed by atoms with E-state index >= 15 is 0 Å². The quantitative estimate of drug-likeness (QED) is 0.832. The Bertz CT molecular complexity index is 823. The summed E-state index contributed by atoms with van der Waals surface area (Å²) in [5.74, 6) is 0.506. The number of amides is 1. The SMILES string of the molecule is COc1cc(C(=O)NCCO)cc2c1OC(C)(Cc1ccccc1F)C2. The van der Waals surface area contributed by atoms with Crippen LogP contribution in [0.3, 0.4) is 0 Å². The maximum absolute atomic E-state index is 14.0. The smallest absolute Gasteiger partial charge is 0.251 e. The van der Waals surface area contributed by atoms with Gasteiger partial charge in [0.1, 0.15) is 11.4 Å². The second kappa shape index (κ2) is 7.33. The van der Waals surface area contributed by atoms with Crippen molar-refractivity contribution in [3.05, 3.63) is 58.9 Å². The van der Waals surface area contributed by atoms with Crippen LogP contribution in [0.5, 0.6) is 11.5 Å². The summed E-state index contributed by atoms with van der Waals surface area (Å²) in [5, 5.41) is 11.5.